The van der Waals surface area contributed by atoms with Gasteiger partial charge < -0.3 is 15.1 Å². The summed E-state index contributed by atoms with van der Waals surface area (Å²) >= 11 is 0. The number of benzene rings is 1. The Labute approximate surface area is 180 Å². The molecule has 0 radical (unpaired) electrons. The number of hydrogen-bond donors (Lipinski definition) is 2. The predicted octanol–water partition coefficient (Wildman–Crippen LogP) is 3.46. The number of nitrogens with two attached hydrogens (primary N) is 1. The standard InChI is InChI=1S/C23H28N6O2/c1-4-28-9-7-15(8-10-28)12-29-20(18-19(27-29)23(30)26-25-22(18)24)21-14(3)16-11-13(2)5-6-17(16)31-21/h5-6,11,15H,4,7-10,12H2,1-3H3,(H2,24,25)(H,26,30). The van der Waals surface area contributed by atoms with Gasteiger partial charge in [-0.25, -0.2) is 5.10 Å². The van der Waals surface area contributed by atoms with Gasteiger partial charge in [0.2, 0.25) is 0 Å². The van der Waals surface area contributed by atoms with Crippen molar-refractivity contribution in [2.24, 2.45) is 5.92 Å². The van der Waals surface area contributed by atoms with Crippen LogP contribution in [-0.4, -0.2) is 44.5 Å². The number of H-pyrrole nitrogens is 1. The van der Waals surface area contributed by atoms with E-state index < -0.39 is 0 Å². The van der Waals surface area contributed by atoms with E-state index in [1.807, 2.05) is 23.7 Å². The first kappa shape index (κ1) is 19.8. The number of nitrogens with zero attached hydrogens (tertiary/aromatic N) is 4. The molecule has 1 aliphatic rings. The molecule has 0 aliphatic carbocycles. The SMILES string of the molecule is CCN1CCC(Cn2nc3c(=O)[nH]nc(N)c3c2-c2oc3ccc(C)cc3c2C)CC1. The van der Waals surface area contributed by atoms with Crippen molar-refractivity contribution in [3.05, 3.63) is 39.7 Å². The zero-order valence-corrected chi connectivity index (χ0v) is 18.2. The molecule has 3 aromatic heterocycles. The molecule has 1 saturated heterocycles. The van der Waals surface area contributed by atoms with E-state index >= 15 is 0 Å². The van der Waals surface area contributed by atoms with Crippen LogP contribution in [0.15, 0.2) is 27.4 Å². The molecule has 162 valence electrons. The number of nitrogens with one attached hydrogen (secondary N) is 1. The van der Waals surface area contributed by atoms with Gasteiger partial charge in [0.1, 0.15) is 11.3 Å². The Kier molecular flexibility index (Phi) is 4.81. The number of aromatic amines is 1. The molecule has 0 bridgehead atoms. The lowest BCUT2D eigenvalue weighted by Crippen LogP contribution is -2.34. The molecule has 5 rings (SSSR count). The molecule has 4 heterocycles. The summed E-state index contributed by atoms with van der Waals surface area (Å²) in [5, 5.41) is 12.8. The molecule has 0 spiro atoms. The third-order valence-corrected chi connectivity index (χ3v) is 6.59. The van der Waals surface area contributed by atoms with Crippen molar-refractivity contribution in [3.8, 4) is 11.5 Å². The first-order valence-corrected chi connectivity index (χ1v) is 10.9. The highest BCUT2D eigenvalue weighted by atomic mass is 16.3. The average molecular weight is 421 g/mol. The molecule has 3 N–H and O–H groups in total. The number of furan rings is 1. The zero-order valence-electron chi connectivity index (χ0n) is 18.2. The van der Waals surface area contributed by atoms with E-state index in [2.05, 4.69) is 35.0 Å². The van der Waals surface area contributed by atoms with Gasteiger partial charge >= 0.3 is 0 Å². The van der Waals surface area contributed by atoms with Gasteiger partial charge in [0.25, 0.3) is 5.56 Å². The molecule has 0 unspecified atom stereocenters. The molecule has 1 aromatic carbocycles. The van der Waals surface area contributed by atoms with Crippen molar-refractivity contribution in [1.82, 2.24) is 24.9 Å². The van der Waals surface area contributed by atoms with Gasteiger partial charge in [-0.05, 0) is 64.4 Å². The summed E-state index contributed by atoms with van der Waals surface area (Å²) in [6.45, 7) is 10.3. The van der Waals surface area contributed by atoms with E-state index in [1.54, 1.807) is 0 Å². The first-order valence-electron chi connectivity index (χ1n) is 10.9. The highest BCUT2D eigenvalue weighted by Crippen LogP contribution is 2.38. The Morgan fingerprint density at radius 1 is 1.26 bits per heavy atom. The summed E-state index contributed by atoms with van der Waals surface area (Å²) in [7, 11) is 0. The molecule has 8 nitrogen and oxygen atoms in total. The van der Waals surface area contributed by atoms with Crippen molar-refractivity contribution < 1.29 is 4.42 Å². The summed E-state index contributed by atoms with van der Waals surface area (Å²) in [5.41, 5.74) is 9.94. The normalized spacial score (nSPS) is 16.0. The maximum absolute atomic E-state index is 12.5. The smallest absolute Gasteiger partial charge is 0.292 e. The summed E-state index contributed by atoms with van der Waals surface area (Å²) in [5.74, 6) is 1.44. The number of hydrogen-bond acceptors (Lipinski definition) is 6. The van der Waals surface area contributed by atoms with E-state index in [4.69, 9.17) is 15.2 Å². The number of likely N-dealkylation sites (tertiary alicyclic amines) is 1. The summed E-state index contributed by atoms with van der Waals surface area (Å²) in [6, 6.07) is 6.14. The van der Waals surface area contributed by atoms with Crippen LogP contribution < -0.4 is 11.3 Å². The fourth-order valence-corrected chi connectivity index (χ4v) is 4.74. The summed E-state index contributed by atoms with van der Waals surface area (Å²) in [4.78, 5) is 15.0. The van der Waals surface area contributed by atoms with Crippen LogP contribution in [0.1, 0.15) is 30.9 Å². The lowest BCUT2D eigenvalue weighted by atomic mass is 9.96. The van der Waals surface area contributed by atoms with Crippen molar-refractivity contribution in [2.75, 3.05) is 25.4 Å². The Hall–Kier alpha value is -3.13. The molecule has 1 aliphatic heterocycles. The second-order valence-corrected chi connectivity index (χ2v) is 8.63. The minimum absolute atomic E-state index is 0.257. The Balaban J connectivity index is 1.68. The highest BCUT2D eigenvalue weighted by molar-refractivity contribution is 6.01. The van der Waals surface area contributed by atoms with Crippen LogP contribution in [0.3, 0.4) is 0 Å². The second-order valence-electron chi connectivity index (χ2n) is 8.63. The molecule has 0 atom stereocenters. The average Bonchev–Trinajstić information content (AvgIpc) is 3.30. The molecule has 0 amide bonds. The van der Waals surface area contributed by atoms with Crippen LogP contribution in [0.25, 0.3) is 33.3 Å². The third-order valence-electron chi connectivity index (χ3n) is 6.59. The fourth-order valence-electron chi connectivity index (χ4n) is 4.74. The molecular weight excluding hydrogens is 392 g/mol. The maximum atomic E-state index is 12.5. The topological polar surface area (TPSA) is 106 Å². The number of nitrogen functional groups attached to an aromatic ring is 1. The number of rotatable bonds is 4. The van der Waals surface area contributed by atoms with Crippen LogP contribution in [0.2, 0.25) is 0 Å². The van der Waals surface area contributed by atoms with Gasteiger partial charge in [0.15, 0.2) is 17.1 Å². The summed E-state index contributed by atoms with van der Waals surface area (Å²) < 4.78 is 8.22. The van der Waals surface area contributed by atoms with Gasteiger partial charge in [0.05, 0.1) is 5.39 Å². The quantitative estimate of drug-likeness (QED) is 0.524. The van der Waals surface area contributed by atoms with Gasteiger partial charge in [-0.3, -0.25) is 9.48 Å². The van der Waals surface area contributed by atoms with Crippen LogP contribution in [0.4, 0.5) is 5.82 Å². The Bertz CT molecular complexity index is 1320. The van der Waals surface area contributed by atoms with E-state index in [0.29, 0.717) is 22.6 Å². The van der Waals surface area contributed by atoms with E-state index in [1.165, 1.54) is 5.56 Å². The predicted molar refractivity (Wildman–Crippen MR) is 122 cm³/mol. The minimum Gasteiger partial charge on any atom is -0.454 e. The lowest BCUT2D eigenvalue weighted by molar-refractivity contribution is 0.178. The molecule has 31 heavy (non-hydrogen) atoms. The van der Waals surface area contributed by atoms with Crippen molar-refractivity contribution in [3.63, 3.8) is 0 Å². The van der Waals surface area contributed by atoms with E-state index in [9.17, 15) is 4.79 Å². The lowest BCUT2D eigenvalue weighted by Gasteiger charge is -2.31. The number of fused-ring (bicyclic) bond motifs is 2. The summed E-state index contributed by atoms with van der Waals surface area (Å²) in [6.07, 6.45) is 2.21. The third kappa shape index (κ3) is 3.31. The maximum Gasteiger partial charge on any atom is 0.292 e. The van der Waals surface area contributed by atoms with E-state index in [-0.39, 0.29) is 11.4 Å². The zero-order chi connectivity index (χ0) is 21.7. The Morgan fingerprint density at radius 3 is 2.77 bits per heavy atom. The molecular formula is C23H28N6O2. The van der Waals surface area contributed by atoms with Gasteiger partial charge in [0, 0.05) is 17.5 Å². The van der Waals surface area contributed by atoms with Crippen LogP contribution in [0.5, 0.6) is 0 Å². The van der Waals surface area contributed by atoms with Crippen LogP contribution >= 0.6 is 0 Å². The van der Waals surface area contributed by atoms with Crippen molar-refractivity contribution in [1.29, 1.82) is 0 Å². The van der Waals surface area contributed by atoms with Gasteiger partial charge in [-0.1, -0.05) is 18.6 Å². The van der Waals surface area contributed by atoms with Crippen LogP contribution in [-0.2, 0) is 6.54 Å². The molecule has 1 fully saturated rings. The van der Waals surface area contributed by atoms with E-state index in [0.717, 1.165) is 61.2 Å². The largest absolute Gasteiger partial charge is 0.454 e. The van der Waals surface area contributed by atoms with Crippen molar-refractivity contribution in [2.45, 2.75) is 40.2 Å². The van der Waals surface area contributed by atoms with Crippen molar-refractivity contribution >= 4 is 27.7 Å². The second kappa shape index (κ2) is 7.53. The van der Waals surface area contributed by atoms with Gasteiger partial charge in [-0.2, -0.15) is 10.2 Å². The number of piperidine rings is 1. The monoisotopic (exact) mass is 420 g/mol. The highest BCUT2D eigenvalue weighted by Gasteiger charge is 2.27. The first-order chi connectivity index (χ1) is 15.0. The molecule has 0 saturated carbocycles. The van der Waals surface area contributed by atoms with Gasteiger partial charge in [-0.15, -0.1) is 0 Å². The number of aromatic nitrogens is 4. The number of anilines is 1. The number of aryl methyl sites for hydroxylation is 2. The fraction of sp³-hybridized carbons (Fsp3) is 0.435. The minimum atomic E-state index is -0.338. The Morgan fingerprint density at radius 2 is 2.03 bits per heavy atom. The molecule has 8 heteroatoms. The van der Waals surface area contributed by atoms with Crippen LogP contribution in [0, 0.1) is 19.8 Å². The molecule has 4 aromatic rings.